The van der Waals surface area contributed by atoms with E-state index in [0.29, 0.717) is 0 Å². The maximum atomic E-state index is 13.0. The summed E-state index contributed by atoms with van der Waals surface area (Å²) in [5, 5.41) is 0. The maximum absolute atomic E-state index is 13.0. The van der Waals surface area contributed by atoms with Gasteiger partial charge in [-0.1, -0.05) is 0 Å². The van der Waals surface area contributed by atoms with Crippen LogP contribution < -0.4 is 4.74 Å². The Morgan fingerprint density at radius 1 is 1.12 bits per heavy atom. The van der Waals surface area contributed by atoms with Crippen LogP contribution in [0.3, 0.4) is 0 Å². The molecule has 0 aliphatic heterocycles. The summed E-state index contributed by atoms with van der Waals surface area (Å²) in [6.07, 6.45) is 0. The van der Waals surface area contributed by atoms with Gasteiger partial charge < -0.3 is 4.74 Å². The smallest absolute Gasteiger partial charge is 0.430 e. The summed E-state index contributed by atoms with van der Waals surface area (Å²) in [5.74, 6) is -4.28. The molecular formula is C8H3F7OS. The summed E-state index contributed by atoms with van der Waals surface area (Å²) in [4.78, 5) is -1.10. The van der Waals surface area contributed by atoms with Gasteiger partial charge in [0, 0.05) is 6.07 Å². The van der Waals surface area contributed by atoms with E-state index in [0.717, 1.165) is 0 Å². The molecule has 17 heavy (non-hydrogen) atoms. The van der Waals surface area contributed by atoms with Crippen molar-refractivity contribution in [1.82, 2.24) is 0 Å². The molecule has 0 aliphatic rings. The highest BCUT2D eigenvalue weighted by atomic mass is 32.2. The third-order valence-corrected chi connectivity index (χ3v) is 2.16. The van der Waals surface area contributed by atoms with E-state index in [1.54, 1.807) is 0 Å². The van der Waals surface area contributed by atoms with Crippen molar-refractivity contribution in [2.75, 3.05) is 0 Å². The zero-order valence-corrected chi connectivity index (χ0v) is 8.51. The Kier molecular flexibility index (Phi) is 4.12. The van der Waals surface area contributed by atoms with E-state index in [1.807, 2.05) is 0 Å². The number of alkyl halides is 5. The number of benzene rings is 1. The third-order valence-electron chi connectivity index (χ3n) is 1.41. The minimum absolute atomic E-state index is 0.151. The van der Waals surface area contributed by atoms with E-state index >= 15 is 0 Å². The first kappa shape index (κ1) is 13.9. The summed E-state index contributed by atoms with van der Waals surface area (Å²) in [7, 11) is 0. The Bertz CT molecular complexity index is 404. The fourth-order valence-electron chi connectivity index (χ4n) is 0.941. The molecule has 96 valence electrons. The molecule has 0 spiro atoms. The van der Waals surface area contributed by atoms with Crippen LogP contribution in [0.1, 0.15) is 0 Å². The second kappa shape index (κ2) is 5.03. The molecule has 9 heteroatoms. The molecule has 1 rings (SSSR count). The molecule has 0 radical (unpaired) electrons. The predicted octanol–water partition coefficient (Wildman–Crippen LogP) is 4.18. The molecule has 0 atom stereocenters. The van der Waals surface area contributed by atoms with Crippen molar-refractivity contribution in [2.45, 2.75) is 17.0 Å². The second-order valence-corrected chi connectivity index (χ2v) is 3.75. The highest BCUT2D eigenvalue weighted by Crippen LogP contribution is 2.43. The van der Waals surface area contributed by atoms with Gasteiger partial charge >= 0.3 is 12.1 Å². The normalized spacial score (nSPS) is 12.0. The molecule has 0 amide bonds. The van der Waals surface area contributed by atoms with Crippen molar-refractivity contribution >= 4 is 11.8 Å². The van der Waals surface area contributed by atoms with Gasteiger partial charge in [-0.15, -0.1) is 0 Å². The predicted molar refractivity (Wildman–Crippen MR) is 44.9 cm³/mol. The summed E-state index contributed by atoms with van der Waals surface area (Å²) >= 11 is -0.941. The largest absolute Gasteiger partial charge is 0.446 e. The molecule has 1 aromatic carbocycles. The summed E-state index contributed by atoms with van der Waals surface area (Å²) in [5.41, 5.74) is -4.87. The van der Waals surface area contributed by atoms with E-state index in [9.17, 15) is 30.7 Å². The van der Waals surface area contributed by atoms with Gasteiger partial charge in [0.25, 0.3) is 0 Å². The first-order valence-electron chi connectivity index (χ1n) is 3.88. The maximum Gasteiger partial charge on any atom is 0.446 e. The molecule has 0 bridgehead atoms. The van der Waals surface area contributed by atoms with Gasteiger partial charge in [0.05, 0.1) is 4.90 Å². The summed E-state index contributed by atoms with van der Waals surface area (Å²) in [6.45, 7) is -3.51. The summed E-state index contributed by atoms with van der Waals surface area (Å²) in [6, 6.07) is 0.414. The number of ether oxygens (including phenoxy) is 1. The van der Waals surface area contributed by atoms with Gasteiger partial charge in [0.2, 0.25) is 0 Å². The quantitative estimate of drug-likeness (QED) is 0.607. The number of hydrogen-bond acceptors (Lipinski definition) is 2. The van der Waals surface area contributed by atoms with Crippen LogP contribution in [-0.4, -0.2) is 12.1 Å². The number of thioether (sulfide) groups is 1. The first-order chi connectivity index (χ1) is 7.69. The van der Waals surface area contributed by atoms with E-state index in [2.05, 4.69) is 4.74 Å². The van der Waals surface area contributed by atoms with Crippen LogP contribution in [0.5, 0.6) is 5.75 Å². The number of hydrogen-bond donors (Lipinski definition) is 0. The SMILES string of the molecule is Fc1cc(F)c(OC(F)F)c(SC(F)(F)F)c1. The van der Waals surface area contributed by atoms with E-state index in [4.69, 9.17) is 0 Å². The Morgan fingerprint density at radius 2 is 1.71 bits per heavy atom. The monoisotopic (exact) mass is 280 g/mol. The average molecular weight is 280 g/mol. The van der Waals surface area contributed by atoms with Crippen molar-refractivity contribution in [3.05, 3.63) is 23.8 Å². The molecule has 1 aromatic rings. The van der Waals surface area contributed by atoms with E-state index < -0.39 is 46.2 Å². The van der Waals surface area contributed by atoms with Crippen LogP contribution in [0.15, 0.2) is 17.0 Å². The van der Waals surface area contributed by atoms with E-state index in [1.165, 1.54) is 0 Å². The van der Waals surface area contributed by atoms with Crippen molar-refractivity contribution in [3.8, 4) is 5.75 Å². The Balaban J connectivity index is 3.15. The minimum Gasteiger partial charge on any atom is -0.430 e. The molecule has 0 aliphatic carbocycles. The molecule has 0 fully saturated rings. The van der Waals surface area contributed by atoms with Gasteiger partial charge in [-0.2, -0.15) is 22.0 Å². The minimum atomic E-state index is -4.87. The van der Waals surface area contributed by atoms with Crippen LogP contribution in [0.25, 0.3) is 0 Å². The lowest BCUT2D eigenvalue weighted by Gasteiger charge is -2.12. The fourth-order valence-corrected chi connectivity index (χ4v) is 1.60. The molecule has 0 saturated heterocycles. The Morgan fingerprint density at radius 3 is 2.18 bits per heavy atom. The van der Waals surface area contributed by atoms with Crippen LogP contribution in [0.2, 0.25) is 0 Å². The molecule has 0 heterocycles. The zero-order valence-electron chi connectivity index (χ0n) is 7.69. The van der Waals surface area contributed by atoms with E-state index in [-0.39, 0.29) is 12.1 Å². The molecule has 0 saturated carbocycles. The van der Waals surface area contributed by atoms with Crippen molar-refractivity contribution in [3.63, 3.8) is 0 Å². The molecule has 1 nitrogen and oxygen atoms in total. The zero-order chi connectivity index (χ0) is 13.2. The number of rotatable bonds is 3. The lowest BCUT2D eigenvalue weighted by molar-refractivity contribution is -0.0552. The lowest BCUT2D eigenvalue weighted by atomic mass is 10.3. The van der Waals surface area contributed by atoms with Gasteiger partial charge in [-0.3, -0.25) is 0 Å². The molecule has 0 N–H and O–H groups in total. The van der Waals surface area contributed by atoms with Gasteiger partial charge in [-0.05, 0) is 17.8 Å². The van der Waals surface area contributed by atoms with Crippen molar-refractivity contribution < 1.29 is 35.5 Å². The lowest BCUT2D eigenvalue weighted by Crippen LogP contribution is -2.07. The molecular weight excluding hydrogens is 277 g/mol. The third kappa shape index (κ3) is 4.33. The molecule has 0 unspecified atom stereocenters. The van der Waals surface area contributed by atoms with Crippen molar-refractivity contribution in [2.24, 2.45) is 0 Å². The van der Waals surface area contributed by atoms with Crippen LogP contribution in [-0.2, 0) is 0 Å². The summed E-state index contributed by atoms with van der Waals surface area (Å²) < 4.78 is 88.9. The van der Waals surface area contributed by atoms with Crippen LogP contribution in [0.4, 0.5) is 30.7 Å². The Labute approximate surface area is 94.6 Å². The van der Waals surface area contributed by atoms with Gasteiger partial charge in [0.15, 0.2) is 11.6 Å². The van der Waals surface area contributed by atoms with Gasteiger partial charge in [-0.25, -0.2) is 8.78 Å². The highest BCUT2D eigenvalue weighted by Gasteiger charge is 2.32. The highest BCUT2D eigenvalue weighted by molar-refractivity contribution is 8.00. The van der Waals surface area contributed by atoms with Crippen LogP contribution >= 0.6 is 11.8 Å². The topological polar surface area (TPSA) is 9.23 Å². The Hall–Kier alpha value is -1.12. The fraction of sp³-hybridized carbons (Fsp3) is 0.250. The molecule has 0 aromatic heterocycles. The van der Waals surface area contributed by atoms with Gasteiger partial charge in [0.1, 0.15) is 5.82 Å². The average Bonchev–Trinajstić information content (AvgIpc) is 2.07. The van der Waals surface area contributed by atoms with Crippen LogP contribution in [0, 0.1) is 11.6 Å². The van der Waals surface area contributed by atoms with Crippen molar-refractivity contribution in [1.29, 1.82) is 0 Å². The first-order valence-corrected chi connectivity index (χ1v) is 4.70. The second-order valence-electron chi connectivity index (χ2n) is 2.64. The standard InChI is InChI=1S/C8H3F7OS/c9-3-1-4(10)6(16-7(11)12)5(2-3)17-8(13,14)15/h1-2,7H. The number of halogens is 7.